The summed E-state index contributed by atoms with van der Waals surface area (Å²) in [5.74, 6) is 0. The van der Waals surface area contributed by atoms with E-state index in [4.69, 9.17) is 10.7 Å². The van der Waals surface area contributed by atoms with Gasteiger partial charge in [-0.15, -0.1) is 11.3 Å². The zero-order valence-electron chi connectivity index (χ0n) is 15.2. The molecule has 2 nitrogen and oxygen atoms in total. The molecule has 0 unspecified atom stereocenters. The Hall–Kier alpha value is -2.65. The summed E-state index contributed by atoms with van der Waals surface area (Å²) in [4.78, 5) is 7.44. The van der Waals surface area contributed by atoms with Crippen LogP contribution in [0.2, 0.25) is 0 Å². The highest BCUT2D eigenvalue weighted by atomic mass is 32.1. The summed E-state index contributed by atoms with van der Waals surface area (Å²) < 4.78 is 0. The Morgan fingerprint density at radius 1 is 0.778 bits per heavy atom. The number of aryl methyl sites for hydroxylation is 1. The van der Waals surface area contributed by atoms with Crippen LogP contribution in [0.4, 0.5) is 5.69 Å². The molecule has 2 heterocycles. The topological polar surface area (TPSA) is 38.9 Å². The Bertz CT molecular complexity index is 1100. The maximum atomic E-state index is 6.81. The van der Waals surface area contributed by atoms with E-state index in [1.54, 1.807) is 11.3 Å². The molecule has 4 aromatic rings. The summed E-state index contributed by atoms with van der Waals surface area (Å²) in [6.45, 7) is 0. The number of pyridine rings is 1. The lowest BCUT2D eigenvalue weighted by Crippen LogP contribution is -2.02. The van der Waals surface area contributed by atoms with E-state index in [-0.39, 0.29) is 0 Å². The van der Waals surface area contributed by atoms with Crippen molar-refractivity contribution in [3.05, 3.63) is 71.9 Å². The summed E-state index contributed by atoms with van der Waals surface area (Å²) in [6, 6.07) is 21.2. The highest BCUT2D eigenvalue weighted by molar-refractivity contribution is 7.22. The molecular weight excluding hydrogens is 348 g/mol. The van der Waals surface area contributed by atoms with E-state index in [1.807, 2.05) is 0 Å². The fourth-order valence-electron chi connectivity index (χ4n) is 4.17. The van der Waals surface area contributed by atoms with Gasteiger partial charge in [-0.1, -0.05) is 67.1 Å². The van der Waals surface area contributed by atoms with Crippen LogP contribution < -0.4 is 5.73 Å². The summed E-state index contributed by atoms with van der Waals surface area (Å²) in [6.07, 6.45) is 5.79. The van der Waals surface area contributed by atoms with E-state index in [9.17, 15) is 0 Å². The van der Waals surface area contributed by atoms with Gasteiger partial charge in [0.25, 0.3) is 0 Å². The zero-order chi connectivity index (χ0) is 18.2. The molecule has 1 aliphatic carbocycles. The third-order valence-corrected chi connectivity index (χ3v) is 6.64. The second-order valence-corrected chi connectivity index (χ2v) is 8.23. The molecule has 0 aliphatic heterocycles. The molecule has 0 bridgehead atoms. The van der Waals surface area contributed by atoms with Gasteiger partial charge in [0.15, 0.2) is 0 Å². The van der Waals surface area contributed by atoms with Gasteiger partial charge in [0.05, 0.1) is 0 Å². The minimum absolute atomic E-state index is 0.953. The van der Waals surface area contributed by atoms with Gasteiger partial charge in [0.1, 0.15) is 4.83 Å². The van der Waals surface area contributed by atoms with Gasteiger partial charge in [0.2, 0.25) is 0 Å². The molecule has 0 saturated heterocycles. The number of nitrogens with two attached hydrogens (primary N) is 1. The van der Waals surface area contributed by atoms with E-state index in [0.717, 1.165) is 28.7 Å². The number of nitrogens with zero attached hydrogens (tertiary/aromatic N) is 1. The summed E-state index contributed by atoms with van der Waals surface area (Å²) >= 11 is 1.77. The van der Waals surface area contributed by atoms with Crippen molar-refractivity contribution in [3.8, 4) is 21.6 Å². The average molecular weight is 371 g/mol. The number of rotatable bonds is 2. The summed E-state index contributed by atoms with van der Waals surface area (Å²) in [5.41, 5.74) is 13.9. The van der Waals surface area contributed by atoms with Gasteiger partial charge in [0, 0.05) is 27.2 Å². The number of fused-ring (bicyclic) bond motifs is 2. The number of nitrogen functional groups attached to an aromatic ring is 1. The Kier molecular flexibility index (Phi) is 4.17. The van der Waals surface area contributed by atoms with Crippen molar-refractivity contribution in [2.24, 2.45) is 0 Å². The molecular formula is C24H22N2S. The Morgan fingerprint density at radius 2 is 1.44 bits per heavy atom. The van der Waals surface area contributed by atoms with Crippen LogP contribution in [0, 0.1) is 0 Å². The lowest BCUT2D eigenvalue weighted by Gasteiger charge is -2.12. The molecule has 0 spiro atoms. The Balaban J connectivity index is 1.86. The van der Waals surface area contributed by atoms with Crippen molar-refractivity contribution in [2.45, 2.75) is 32.1 Å². The minimum Gasteiger partial charge on any atom is -0.398 e. The largest absolute Gasteiger partial charge is 0.398 e. The van der Waals surface area contributed by atoms with E-state index in [1.165, 1.54) is 52.1 Å². The van der Waals surface area contributed by atoms with Gasteiger partial charge >= 0.3 is 0 Å². The average Bonchev–Trinajstić information content (AvgIpc) is 2.94. The Morgan fingerprint density at radius 3 is 2.19 bits per heavy atom. The first-order valence-electron chi connectivity index (χ1n) is 9.67. The van der Waals surface area contributed by atoms with Crippen LogP contribution in [0.1, 0.15) is 30.5 Å². The number of thiophene rings is 1. The van der Waals surface area contributed by atoms with Crippen molar-refractivity contribution in [2.75, 3.05) is 5.73 Å². The third-order valence-electron chi connectivity index (χ3n) is 5.51. The SMILES string of the molecule is Nc1c2c(nc3sc(-c4ccccc4)c(-c4ccccc4)c13)CCCCC2. The Labute approximate surface area is 163 Å². The van der Waals surface area contributed by atoms with Crippen LogP contribution in [0.25, 0.3) is 31.8 Å². The van der Waals surface area contributed by atoms with Gasteiger partial charge < -0.3 is 5.73 Å². The standard InChI is InChI=1S/C24H22N2S/c25-22-18-14-8-3-9-15-19(18)26-24-21(22)20(16-10-4-1-5-11-16)23(27-24)17-12-6-2-7-13-17/h1-2,4-7,10-13H,3,8-9,14-15H2,(H2,25,26). The minimum atomic E-state index is 0.953. The lowest BCUT2D eigenvalue weighted by molar-refractivity contribution is 0.709. The first kappa shape index (κ1) is 16.5. The molecule has 2 aromatic heterocycles. The molecule has 3 heteroatoms. The number of aromatic nitrogens is 1. The second-order valence-electron chi connectivity index (χ2n) is 7.23. The van der Waals surface area contributed by atoms with E-state index >= 15 is 0 Å². The molecule has 27 heavy (non-hydrogen) atoms. The van der Waals surface area contributed by atoms with Crippen molar-refractivity contribution in [1.29, 1.82) is 0 Å². The predicted octanol–water partition coefficient (Wildman–Crippen LogP) is 6.48. The summed E-state index contributed by atoms with van der Waals surface area (Å²) in [7, 11) is 0. The maximum absolute atomic E-state index is 6.81. The second kappa shape index (κ2) is 6.82. The summed E-state index contributed by atoms with van der Waals surface area (Å²) in [5, 5.41) is 1.14. The van der Waals surface area contributed by atoms with Gasteiger partial charge in [-0.05, 0) is 42.4 Å². The van der Waals surface area contributed by atoms with E-state index in [0.29, 0.717) is 0 Å². The molecule has 2 N–H and O–H groups in total. The van der Waals surface area contributed by atoms with Crippen LogP contribution in [0.3, 0.4) is 0 Å². The third kappa shape index (κ3) is 2.83. The van der Waals surface area contributed by atoms with Crippen LogP contribution >= 0.6 is 11.3 Å². The van der Waals surface area contributed by atoms with Gasteiger partial charge in [-0.2, -0.15) is 0 Å². The quantitative estimate of drug-likeness (QED) is 0.410. The van der Waals surface area contributed by atoms with E-state index < -0.39 is 0 Å². The smallest absolute Gasteiger partial charge is 0.126 e. The molecule has 0 atom stereocenters. The molecule has 5 rings (SSSR count). The predicted molar refractivity (Wildman–Crippen MR) is 116 cm³/mol. The zero-order valence-corrected chi connectivity index (χ0v) is 16.1. The number of benzene rings is 2. The maximum Gasteiger partial charge on any atom is 0.126 e. The molecule has 134 valence electrons. The number of anilines is 1. The molecule has 0 fully saturated rings. The van der Waals surface area contributed by atoms with Gasteiger partial charge in [-0.25, -0.2) is 4.98 Å². The highest BCUT2D eigenvalue weighted by Gasteiger charge is 2.23. The molecule has 0 saturated carbocycles. The van der Waals surface area contributed by atoms with Crippen LogP contribution in [0.5, 0.6) is 0 Å². The molecule has 0 radical (unpaired) electrons. The van der Waals surface area contributed by atoms with Crippen LogP contribution in [-0.2, 0) is 12.8 Å². The fourth-order valence-corrected chi connectivity index (χ4v) is 5.41. The van der Waals surface area contributed by atoms with Crippen molar-refractivity contribution >= 4 is 27.2 Å². The fraction of sp³-hybridized carbons (Fsp3) is 0.208. The highest BCUT2D eigenvalue weighted by Crippen LogP contribution is 2.47. The first-order valence-corrected chi connectivity index (χ1v) is 10.5. The monoisotopic (exact) mass is 370 g/mol. The van der Waals surface area contributed by atoms with Crippen LogP contribution in [-0.4, -0.2) is 4.98 Å². The molecule has 0 amide bonds. The first-order chi connectivity index (χ1) is 13.3. The molecule has 1 aliphatic rings. The van der Waals surface area contributed by atoms with Crippen molar-refractivity contribution in [1.82, 2.24) is 4.98 Å². The van der Waals surface area contributed by atoms with Crippen LogP contribution in [0.15, 0.2) is 60.7 Å². The van der Waals surface area contributed by atoms with Gasteiger partial charge in [-0.3, -0.25) is 0 Å². The van der Waals surface area contributed by atoms with E-state index in [2.05, 4.69) is 60.7 Å². The normalized spacial score (nSPS) is 14.1. The number of hydrogen-bond acceptors (Lipinski definition) is 3. The van der Waals surface area contributed by atoms with Crippen molar-refractivity contribution < 1.29 is 0 Å². The lowest BCUT2D eigenvalue weighted by atomic mass is 9.96. The number of hydrogen-bond donors (Lipinski definition) is 1. The molecule has 2 aromatic carbocycles. The van der Waals surface area contributed by atoms with Crippen molar-refractivity contribution in [3.63, 3.8) is 0 Å².